The minimum absolute atomic E-state index is 0.0464. The van der Waals surface area contributed by atoms with Crippen LogP contribution in [0.1, 0.15) is 18.9 Å². The number of halogens is 2. The van der Waals surface area contributed by atoms with E-state index in [0.29, 0.717) is 17.2 Å². The van der Waals surface area contributed by atoms with E-state index in [0.717, 1.165) is 6.42 Å². The first-order chi connectivity index (χ1) is 8.08. The predicted molar refractivity (Wildman–Crippen MR) is 63.6 cm³/mol. The molecular weight excluding hydrogens is 243 g/mol. The molecule has 1 aromatic rings. The molecule has 17 heavy (non-hydrogen) atoms. The maximum atomic E-state index is 13.1. The predicted octanol–water partition coefficient (Wildman–Crippen LogP) is 3.02. The van der Waals surface area contributed by atoms with Crippen molar-refractivity contribution in [2.45, 2.75) is 25.9 Å². The van der Waals surface area contributed by atoms with Crippen molar-refractivity contribution in [1.29, 1.82) is 0 Å². The van der Waals surface area contributed by atoms with Gasteiger partial charge in [-0.2, -0.15) is 0 Å². The number of benzene rings is 1. The third-order valence-electron chi connectivity index (χ3n) is 3.16. The van der Waals surface area contributed by atoms with Crippen molar-refractivity contribution < 1.29 is 13.9 Å². The summed E-state index contributed by atoms with van der Waals surface area (Å²) in [5.41, 5.74) is 0.552. The van der Waals surface area contributed by atoms with Gasteiger partial charge in [0.1, 0.15) is 11.6 Å². The van der Waals surface area contributed by atoms with Gasteiger partial charge in [0, 0.05) is 24.0 Å². The second-order valence-corrected chi connectivity index (χ2v) is 4.76. The summed E-state index contributed by atoms with van der Waals surface area (Å²) in [6.07, 6.45) is 0.872. The number of carbonyl (C=O) groups excluding carboxylic acids is 1. The first-order valence-electron chi connectivity index (χ1n) is 5.66. The zero-order valence-electron chi connectivity index (χ0n) is 9.58. The highest BCUT2D eigenvalue weighted by atomic mass is 35.5. The molecule has 1 aliphatic rings. The maximum absolute atomic E-state index is 13.1. The topological polar surface area (TPSA) is 26.3 Å². The second kappa shape index (κ2) is 5.15. The van der Waals surface area contributed by atoms with Gasteiger partial charge in [-0.25, -0.2) is 4.39 Å². The molecule has 2 atom stereocenters. The van der Waals surface area contributed by atoms with E-state index >= 15 is 0 Å². The van der Waals surface area contributed by atoms with Crippen LogP contribution in [0.3, 0.4) is 0 Å². The third kappa shape index (κ3) is 2.85. The highest BCUT2D eigenvalue weighted by Gasteiger charge is 2.30. The SMILES string of the molecule is CC1OCCC1C(=O)Cc1cc(F)ccc1Cl. The first kappa shape index (κ1) is 12.5. The number of carbonyl (C=O) groups is 1. The van der Waals surface area contributed by atoms with Gasteiger partial charge < -0.3 is 4.74 Å². The summed E-state index contributed by atoms with van der Waals surface area (Å²) >= 11 is 5.93. The van der Waals surface area contributed by atoms with Crippen LogP contribution < -0.4 is 0 Å². The van der Waals surface area contributed by atoms with Crippen molar-refractivity contribution in [2.75, 3.05) is 6.61 Å². The molecule has 0 aromatic heterocycles. The van der Waals surface area contributed by atoms with Crippen molar-refractivity contribution in [3.63, 3.8) is 0 Å². The Morgan fingerprint density at radius 2 is 2.35 bits per heavy atom. The average molecular weight is 257 g/mol. The molecule has 0 radical (unpaired) electrons. The maximum Gasteiger partial charge on any atom is 0.143 e. The summed E-state index contributed by atoms with van der Waals surface area (Å²) in [6.45, 7) is 2.51. The van der Waals surface area contributed by atoms with Crippen LogP contribution in [-0.4, -0.2) is 18.5 Å². The van der Waals surface area contributed by atoms with E-state index in [1.165, 1.54) is 18.2 Å². The number of Topliss-reactive ketones (excluding diaryl/α,β-unsaturated/α-hetero) is 1. The van der Waals surface area contributed by atoms with E-state index in [1.54, 1.807) is 0 Å². The Balaban J connectivity index is 2.10. The molecule has 0 saturated carbocycles. The van der Waals surface area contributed by atoms with E-state index in [4.69, 9.17) is 16.3 Å². The van der Waals surface area contributed by atoms with Gasteiger partial charge in [0.05, 0.1) is 6.10 Å². The highest BCUT2D eigenvalue weighted by Crippen LogP contribution is 2.25. The van der Waals surface area contributed by atoms with Crippen LogP contribution in [0.15, 0.2) is 18.2 Å². The third-order valence-corrected chi connectivity index (χ3v) is 3.53. The minimum atomic E-state index is -0.368. The smallest absolute Gasteiger partial charge is 0.143 e. The fourth-order valence-corrected chi connectivity index (χ4v) is 2.34. The second-order valence-electron chi connectivity index (χ2n) is 4.35. The van der Waals surface area contributed by atoms with Crippen LogP contribution in [0.4, 0.5) is 4.39 Å². The molecule has 2 unspecified atom stereocenters. The van der Waals surface area contributed by atoms with Crippen molar-refractivity contribution in [3.8, 4) is 0 Å². The van der Waals surface area contributed by atoms with Crippen LogP contribution in [0, 0.1) is 11.7 Å². The number of ketones is 1. The van der Waals surface area contributed by atoms with Crippen molar-refractivity contribution >= 4 is 17.4 Å². The summed E-state index contributed by atoms with van der Waals surface area (Å²) < 4.78 is 18.4. The van der Waals surface area contributed by atoms with Gasteiger partial charge in [0.25, 0.3) is 0 Å². The van der Waals surface area contributed by atoms with Gasteiger partial charge in [-0.15, -0.1) is 0 Å². The summed E-state index contributed by atoms with van der Waals surface area (Å²) in [7, 11) is 0. The van der Waals surface area contributed by atoms with E-state index in [1.807, 2.05) is 6.92 Å². The standard InChI is InChI=1S/C13H14ClFO2/c1-8-11(4-5-17-8)13(16)7-9-6-10(15)2-3-12(9)14/h2-3,6,8,11H,4-5,7H2,1H3. The number of hydrogen-bond acceptors (Lipinski definition) is 2. The number of hydrogen-bond donors (Lipinski definition) is 0. The lowest BCUT2D eigenvalue weighted by Crippen LogP contribution is -2.23. The summed E-state index contributed by atoms with van der Waals surface area (Å²) in [6, 6.07) is 4.09. The van der Waals surface area contributed by atoms with Crippen LogP contribution >= 0.6 is 11.6 Å². The molecule has 0 amide bonds. The molecule has 1 aromatic carbocycles. The Morgan fingerprint density at radius 3 is 3.00 bits per heavy atom. The zero-order valence-corrected chi connectivity index (χ0v) is 10.3. The fourth-order valence-electron chi connectivity index (χ4n) is 2.15. The Kier molecular flexibility index (Phi) is 3.79. The Bertz CT molecular complexity index is 433. The molecule has 92 valence electrons. The molecule has 1 aliphatic heterocycles. The number of rotatable bonds is 3. The molecule has 2 rings (SSSR count). The fraction of sp³-hybridized carbons (Fsp3) is 0.462. The molecular formula is C13H14ClFO2. The van der Waals surface area contributed by atoms with Crippen LogP contribution in [-0.2, 0) is 16.0 Å². The number of ether oxygens (including phenoxy) is 1. The van der Waals surface area contributed by atoms with Gasteiger partial charge in [-0.05, 0) is 37.1 Å². The van der Waals surface area contributed by atoms with E-state index in [2.05, 4.69) is 0 Å². The highest BCUT2D eigenvalue weighted by molar-refractivity contribution is 6.31. The first-order valence-corrected chi connectivity index (χ1v) is 6.04. The average Bonchev–Trinajstić information content (AvgIpc) is 2.70. The molecule has 0 aliphatic carbocycles. The van der Waals surface area contributed by atoms with E-state index in [9.17, 15) is 9.18 Å². The Labute approximate surface area is 105 Å². The van der Waals surface area contributed by atoms with Crippen LogP contribution in [0.25, 0.3) is 0 Å². The molecule has 2 nitrogen and oxygen atoms in total. The lowest BCUT2D eigenvalue weighted by atomic mass is 9.93. The molecule has 1 fully saturated rings. The molecule has 1 heterocycles. The Hall–Kier alpha value is -0.930. The molecule has 1 saturated heterocycles. The van der Waals surface area contributed by atoms with Crippen LogP contribution in [0.5, 0.6) is 0 Å². The molecule has 0 bridgehead atoms. The monoisotopic (exact) mass is 256 g/mol. The quantitative estimate of drug-likeness (QED) is 0.831. The van der Waals surface area contributed by atoms with Gasteiger partial charge in [0.2, 0.25) is 0 Å². The van der Waals surface area contributed by atoms with Gasteiger partial charge in [0.15, 0.2) is 0 Å². The molecule has 0 spiro atoms. The van der Waals surface area contributed by atoms with Crippen LogP contribution in [0.2, 0.25) is 5.02 Å². The van der Waals surface area contributed by atoms with E-state index in [-0.39, 0.29) is 30.0 Å². The van der Waals surface area contributed by atoms with Crippen molar-refractivity contribution in [2.24, 2.45) is 5.92 Å². The molecule has 0 N–H and O–H groups in total. The lowest BCUT2D eigenvalue weighted by Gasteiger charge is -2.13. The van der Waals surface area contributed by atoms with Gasteiger partial charge in [-0.3, -0.25) is 4.79 Å². The summed E-state index contributed by atoms with van der Waals surface area (Å²) in [4.78, 5) is 12.0. The minimum Gasteiger partial charge on any atom is -0.378 e. The Morgan fingerprint density at radius 1 is 1.59 bits per heavy atom. The van der Waals surface area contributed by atoms with Crippen molar-refractivity contribution in [1.82, 2.24) is 0 Å². The van der Waals surface area contributed by atoms with Gasteiger partial charge in [-0.1, -0.05) is 11.6 Å². The summed E-state index contributed by atoms with van der Waals surface area (Å²) in [5.74, 6) is -0.384. The molecule has 4 heteroatoms. The lowest BCUT2D eigenvalue weighted by molar-refractivity contribution is -0.123. The largest absolute Gasteiger partial charge is 0.378 e. The normalized spacial score (nSPS) is 23.9. The zero-order chi connectivity index (χ0) is 12.4. The van der Waals surface area contributed by atoms with Gasteiger partial charge >= 0.3 is 0 Å². The summed E-state index contributed by atoms with van der Waals surface area (Å²) in [5, 5.41) is 0.436. The van der Waals surface area contributed by atoms with E-state index < -0.39 is 0 Å². The van der Waals surface area contributed by atoms with Crippen molar-refractivity contribution in [3.05, 3.63) is 34.6 Å².